The highest BCUT2D eigenvalue weighted by molar-refractivity contribution is 7.91. The van der Waals surface area contributed by atoms with Crippen LogP contribution < -0.4 is 24.2 Å². The summed E-state index contributed by atoms with van der Waals surface area (Å²) in [5.74, 6) is -1.60. The summed E-state index contributed by atoms with van der Waals surface area (Å²) in [7, 11) is -0.485. The number of amides is 3. The molecule has 0 unspecified atom stereocenters. The van der Waals surface area contributed by atoms with Gasteiger partial charge in [-0.15, -0.1) is 0 Å². The lowest BCUT2D eigenvalue weighted by molar-refractivity contribution is -0.140. The topological polar surface area (TPSA) is 153 Å². The lowest BCUT2D eigenvalue weighted by atomic mass is 9.93. The van der Waals surface area contributed by atoms with Crippen LogP contribution in [0.3, 0.4) is 0 Å². The molecule has 13 heteroatoms. The highest BCUT2D eigenvalue weighted by Crippen LogP contribution is 2.47. The molecule has 6 rings (SSSR count). The predicted molar refractivity (Wildman–Crippen MR) is 170 cm³/mol. The van der Waals surface area contributed by atoms with Crippen molar-refractivity contribution >= 4 is 38.6 Å². The Hall–Kier alpha value is -3.87. The van der Waals surface area contributed by atoms with Crippen LogP contribution in [0.2, 0.25) is 0 Å². The Labute approximate surface area is 269 Å². The van der Waals surface area contributed by atoms with Gasteiger partial charge in [0.25, 0.3) is 5.91 Å². The number of allylic oxidation sites excluding steroid dienone is 1. The van der Waals surface area contributed by atoms with Crippen molar-refractivity contribution in [2.75, 3.05) is 27.3 Å². The molecule has 1 aliphatic heterocycles. The van der Waals surface area contributed by atoms with Crippen LogP contribution in [0, 0.1) is 17.8 Å². The molecule has 2 aromatic rings. The maximum atomic E-state index is 14.1. The van der Waals surface area contributed by atoms with Crippen molar-refractivity contribution in [3.05, 3.63) is 36.4 Å². The lowest BCUT2D eigenvalue weighted by Gasteiger charge is -2.26. The first kappa shape index (κ1) is 32.1. The normalized spacial score (nSPS) is 29.2. The first-order chi connectivity index (χ1) is 22.0. The Morgan fingerprint density at radius 1 is 1.15 bits per heavy atom. The number of carbonyl (C=O) groups excluding carboxylic acids is 3. The Morgan fingerprint density at radius 2 is 1.93 bits per heavy atom. The molecule has 3 fully saturated rings. The molecular weight excluding hydrogens is 612 g/mol. The number of methoxy groups -OCH3 is 1. The van der Waals surface area contributed by atoms with Gasteiger partial charge in [0, 0.05) is 37.0 Å². The third-order valence-corrected chi connectivity index (χ3v) is 11.4. The molecule has 2 N–H and O–H groups in total. The Balaban J connectivity index is 1.29. The number of ether oxygens (including phenoxy) is 3. The van der Waals surface area contributed by atoms with E-state index < -0.39 is 50.6 Å². The van der Waals surface area contributed by atoms with Gasteiger partial charge in [-0.05, 0) is 70.4 Å². The highest BCUT2D eigenvalue weighted by Gasteiger charge is 2.62. The number of hydrogen-bond donors (Lipinski definition) is 2. The average Bonchev–Trinajstić information content (AvgIpc) is 3.95. The van der Waals surface area contributed by atoms with Crippen molar-refractivity contribution in [1.82, 2.24) is 19.9 Å². The number of pyridine rings is 1. The minimum Gasteiger partial charge on any atom is -0.497 e. The number of benzene rings is 1. The van der Waals surface area contributed by atoms with Gasteiger partial charge in [-0.3, -0.25) is 19.1 Å². The van der Waals surface area contributed by atoms with Crippen LogP contribution >= 0.6 is 0 Å². The van der Waals surface area contributed by atoms with Crippen LogP contribution in [0.25, 0.3) is 10.9 Å². The predicted octanol–water partition coefficient (Wildman–Crippen LogP) is 3.10. The van der Waals surface area contributed by atoms with Crippen LogP contribution in [0.4, 0.5) is 0 Å². The molecule has 248 valence electrons. The van der Waals surface area contributed by atoms with E-state index in [1.807, 2.05) is 31.2 Å². The van der Waals surface area contributed by atoms with Gasteiger partial charge in [0.1, 0.15) is 23.1 Å². The standard InChI is InChI=1S/C33H42N4O8S/c1-4-44-29-18-28(24-13-10-21(43-3)17-27(24)34-29)45-22-15-25-26(16-22)31(39)37(2)14-8-6-5-7-9-20-19-33(20,35-30(25)38)32(40)36-46(41,42)23-11-12-23/h7,9-10,13,17-18,20,22-23,25-26H,4-6,8,11-12,14-16,19H2,1-3H3,(H,35,38)(H,36,40)/b9-7-/t20-,22-,25-,26-,33-/m1/s1. The zero-order valence-corrected chi connectivity index (χ0v) is 27.3. The molecule has 46 heavy (non-hydrogen) atoms. The molecule has 3 amide bonds. The van der Waals surface area contributed by atoms with Gasteiger partial charge < -0.3 is 24.4 Å². The number of nitrogens with one attached hydrogen (secondary N) is 2. The van der Waals surface area contributed by atoms with E-state index in [0.29, 0.717) is 61.7 Å². The van der Waals surface area contributed by atoms with Crippen molar-refractivity contribution < 1.29 is 37.0 Å². The Kier molecular flexibility index (Phi) is 8.88. The fourth-order valence-corrected chi connectivity index (χ4v) is 8.03. The van der Waals surface area contributed by atoms with Gasteiger partial charge in [-0.2, -0.15) is 0 Å². The molecule has 2 heterocycles. The molecule has 1 aromatic heterocycles. The van der Waals surface area contributed by atoms with Crippen molar-refractivity contribution in [3.63, 3.8) is 0 Å². The number of fused-ring (bicyclic) bond motifs is 3. The number of nitrogens with zero attached hydrogens (tertiary/aromatic N) is 2. The highest BCUT2D eigenvalue weighted by atomic mass is 32.2. The molecule has 12 nitrogen and oxygen atoms in total. The van der Waals surface area contributed by atoms with E-state index in [1.54, 1.807) is 31.2 Å². The maximum absolute atomic E-state index is 14.1. The van der Waals surface area contributed by atoms with E-state index in [4.69, 9.17) is 14.2 Å². The van der Waals surface area contributed by atoms with E-state index in [-0.39, 0.29) is 18.2 Å². The van der Waals surface area contributed by atoms with Crippen molar-refractivity contribution in [2.45, 2.75) is 75.2 Å². The van der Waals surface area contributed by atoms with E-state index >= 15 is 0 Å². The first-order valence-electron chi connectivity index (χ1n) is 16.1. The average molecular weight is 655 g/mol. The van der Waals surface area contributed by atoms with Crippen LogP contribution in [-0.2, 0) is 24.4 Å². The summed E-state index contributed by atoms with van der Waals surface area (Å²) in [5, 5.41) is 3.08. The summed E-state index contributed by atoms with van der Waals surface area (Å²) in [6.07, 6.45) is 7.62. The smallest absolute Gasteiger partial charge is 0.259 e. The minimum atomic E-state index is -3.81. The summed E-state index contributed by atoms with van der Waals surface area (Å²) < 4.78 is 45.2. The molecule has 0 spiro atoms. The summed E-state index contributed by atoms with van der Waals surface area (Å²) in [6.45, 7) is 2.83. The maximum Gasteiger partial charge on any atom is 0.259 e. The summed E-state index contributed by atoms with van der Waals surface area (Å²) in [5.41, 5.74) is -0.766. The second-order valence-corrected chi connectivity index (χ2v) is 14.8. The molecule has 3 saturated carbocycles. The molecule has 3 aliphatic carbocycles. The quantitative estimate of drug-likeness (QED) is 0.409. The van der Waals surface area contributed by atoms with Crippen LogP contribution in [0.15, 0.2) is 36.4 Å². The van der Waals surface area contributed by atoms with Crippen LogP contribution in [-0.4, -0.2) is 80.2 Å². The minimum absolute atomic E-state index is 0.152. The second kappa shape index (κ2) is 12.7. The van der Waals surface area contributed by atoms with Gasteiger partial charge in [0.05, 0.1) is 36.3 Å². The van der Waals surface area contributed by atoms with Crippen LogP contribution in [0.5, 0.6) is 17.4 Å². The number of aromatic nitrogens is 1. The zero-order chi connectivity index (χ0) is 32.6. The molecule has 0 saturated heterocycles. The molecule has 0 radical (unpaired) electrons. The Bertz CT molecular complexity index is 1660. The largest absolute Gasteiger partial charge is 0.497 e. The van der Waals surface area contributed by atoms with Gasteiger partial charge >= 0.3 is 0 Å². The van der Waals surface area contributed by atoms with Crippen LogP contribution in [0.1, 0.15) is 58.3 Å². The van der Waals surface area contributed by atoms with E-state index in [0.717, 1.165) is 24.6 Å². The van der Waals surface area contributed by atoms with Crippen molar-refractivity contribution in [1.29, 1.82) is 0 Å². The molecule has 5 atom stereocenters. The fourth-order valence-electron chi connectivity index (χ4n) is 6.67. The molecule has 4 aliphatic rings. The van der Waals surface area contributed by atoms with E-state index in [2.05, 4.69) is 15.0 Å². The van der Waals surface area contributed by atoms with Gasteiger partial charge in [0.15, 0.2) is 0 Å². The third-order valence-electron chi connectivity index (χ3n) is 9.54. The first-order valence-corrected chi connectivity index (χ1v) is 17.7. The van der Waals surface area contributed by atoms with Crippen molar-refractivity contribution in [2.24, 2.45) is 17.8 Å². The monoisotopic (exact) mass is 654 g/mol. The Morgan fingerprint density at radius 3 is 2.67 bits per heavy atom. The summed E-state index contributed by atoms with van der Waals surface area (Å²) in [6, 6.07) is 7.16. The molecule has 0 bridgehead atoms. The zero-order valence-electron chi connectivity index (χ0n) is 26.5. The van der Waals surface area contributed by atoms with E-state index in [1.165, 1.54) is 0 Å². The van der Waals surface area contributed by atoms with Gasteiger partial charge in [0.2, 0.25) is 27.7 Å². The summed E-state index contributed by atoms with van der Waals surface area (Å²) in [4.78, 5) is 47.6. The number of carbonyl (C=O) groups is 3. The van der Waals surface area contributed by atoms with Crippen molar-refractivity contribution in [3.8, 4) is 17.4 Å². The van der Waals surface area contributed by atoms with Gasteiger partial charge in [-0.25, -0.2) is 13.4 Å². The summed E-state index contributed by atoms with van der Waals surface area (Å²) >= 11 is 0. The molecular formula is C33H42N4O8S. The lowest BCUT2D eigenvalue weighted by Crippen LogP contribution is -2.54. The second-order valence-electron chi connectivity index (χ2n) is 12.8. The number of rotatable bonds is 8. The number of sulfonamides is 1. The third kappa shape index (κ3) is 6.51. The molecule has 1 aromatic carbocycles. The fraction of sp³-hybridized carbons (Fsp3) is 0.576. The SMILES string of the molecule is CCOc1cc(O[C@@H]2C[C@H]3C(=O)N[C@]4(C(=O)NS(=O)(=O)C5CC5)C[C@H]4/C=C\CCCCN(C)C(=O)[C@@H]3C2)c2ccc(OC)cc2n1. The number of hydrogen-bond acceptors (Lipinski definition) is 9. The van der Waals surface area contributed by atoms with E-state index in [9.17, 15) is 22.8 Å². The van der Waals surface area contributed by atoms with Gasteiger partial charge in [-0.1, -0.05) is 12.2 Å².